The van der Waals surface area contributed by atoms with Crippen molar-refractivity contribution in [3.8, 4) is 0 Å². The summed E-state index contributed by atoms with van der Waals surface area (Å²) in [5.41, 5.74) is 6.81. The number of hydrogen-bond donors (Lipinski definition) is 2. The number of ether oxygens (including phenoxy) is 1. The molecule has 2 aliphatic heterocycles. The number of aliphatic carboxylic acids is 1. The highest BCUT2D eigenvalue weighted by Crippen LogP contribution is 2.58. The predicted octanol–water partition coefficient (Wildman–Crippen LogP) is 1.91. The largest absolute Gasteiger partial charge is 0.481 e. The molecule has 1 saturated carbocycles. The van der Waals surface area contributed by atoms with E-state index in [1.165, 1.54) is 4.90 Å². The minimum absolute atomic E-state index is 0.00831. The number of carboxylic acids is 1. The number of carboxylic acid groups (broad SMARTS) is 1. The first-order valence-electron chi connectivity index (χ1n) is 11.7. The summed E-state index contributed by atoms with van der Waals surface area (Å²) in [5, 5.41) is 9.07. The third kappa shape index (κ3) is 4.41. The van der Waals surface area contributed by atoms with Crippen molar-refractivity contribution in [2.24, 2.45) is 5.73 Å². The van der Waals surface area contributed by atoms with E-state index in [1.54, 1.807) is 11.0 Å². The third-order valence-electron chi connectivity index (χ3n) is 6.71. The van der Waals surface area contributed by atoms with Crippen LogP contribution in [0.4, 0.5) is 10.5 Å². The molecule has 1 saturated heterocycles. The lowest BCUT2D eigenvalue weighted by atomic mass is 10.00. The molecule has 0 radical (unpaired) electrons. The average Bonchev–Trinajstić information content (AvgIpc) is 3.51. The highest BCUT2D eigenvalue weighted by molar-refractivity contribution is 6.03. The zero-order valence-corrected chi connectivity index (χ0v) is 19.9. The summed E-state index contributed by atoms with van der Waals surface area (Å²) in [6.07, 6.45) is 0.845. The Balaban J connectivity index is 1.51. The van der Waals surface area contributed by atoms with E-state index < -0.39 is 29.1 Å². The maximum atomic E-state index is 13.3. The van der Waals surface area contributed by atoms with Crippen LogP contribution in [0.25, 0.3) is 0 Å². The van der Waals surface area contributed by atoms with Crippen LogP contribution in [0, 0.1) is 0 Å². The van der Waals surface area contributed by atoms with E-state index in [0.29, 0.717) is 44.6 Å². The van der Waals surface area contributed by atoms with Crippen LogP contribution in [-0.4, -0.2) is 76.6 Å². The van der Waals surface area contributed by atoms with Crippen molar-refractivity contribution in [2.75, 3.05) is 31.1 Å². The van der Waals surface area contributed by atoms with Crippen molar-refractivity contribution in [1.82, 2.24) is 9.80 Å². The van der Waals surface area contributed by atoms with Gasteiger partial charge in [0.15, 0.2) is 0 Å². The van der Waals surface area contributed by atoms with E-state index in [2.05, 4.69) is 4.90 Å². The molecule has 1 unspecified atom stereocenters. The second-order valence-corrected chi connectivity index (χ2v) is 10.2. The van der Waals surface area contributed by atoms with Gasteiger partial charge in [-0.2, -0.15) is 0 Å². The highest BCUT2D eigenvalue weighted by Gasteiger charge is 2.60. The standard InChI is InChI=1S/C24H32N4O6/c1-23(2,3)34-22(33)27-12-10-26(11-13-27)15-4-5-16-17(14-15)24(8-9-24)28(21(16)32)18(20(25)31)6-7-19(29)30/h4-5,14,18H,6-13H2,1-3H3,(H2,25,31)(H,29,30). The molecule has 10 heteroatoms. The summed E-state index contributed by atoms with van der Waals surface area (Å²) in [5.74, 6) is -2.00. The minimum atomic E-state index is -1.03. The number of anilines is 1. The number of carbonyl (C=O) groups excluding carboxylic acids is 3. The Bertz CT molecular complexity index is 1020. The maximum Gasteiger partial charge on any atom is 0.410 e. The topological polar surface area (TPSA) is 133 Å². The average molecular weight is 473 g/mol. The van der Waals surface area contributed by atoms with Crippen molar-refractivity contribution in [2.45, 2.75) is 63.6 Å². The Kier molecular flexibility index (Phi) is 5.95. The predicted molar refractivity (Wildman–Crippen MR) is 123 cm³/mol. The Morgan fingerprint density at radius 1 is 1.15 bits per heavy atom. The number of nitrogens with zero attached hydrogens (tertiary/aromatic N) is 3. The van der Waals surface area contributed by atoms with Crippen molar-refractivity contribution in [1.29, 1.82) is 0 Å². The van der Waals surface area contributed by atoms with E-state index in [1.807, 2.05) is 32.9 Å². The molecule has 3 amide bonds. The molecule has 1 aromatic carbocycles. The smallest absolute Gasteiger partial charge is 0.410 e. The number of primary amides is 1. The molecule has 2 fully saturated rings. The van der Waals surface area contributed by atoms with Gasteiger partial charge in [0.25, 0.3) is 5.91 Å². The molecule has 3 N–H and O–H groups in total. The van der Waals surface area contributed by atoms with Crippen LogP contribution in [0.15, 0.2) is 18.2 Å². The van der Waals surface area contributed by atoms with E-state index in [-0.39, 0.29) is 24.8 Å². The van der Waals surface area contributed by atoms with Gasteiger partial charge in [-0.1, -0.05) is 0 Å². The molecule has 0 aromatic heterocycles. The molecular weight excluding hydrogens is 440 g/mol. The third-order valence-corrected chi connectivity index (χ3v) is 6.71. The monoisotopic (exact) mass is 472 g/mol. The second-order valence-electron chi connectivity index (χ2n) is 10.2. The van der Waals surface area contributed by atoms with Gasteiger partial charge in [-0.3, -0.25) is 14.4 Å². The number of fused-ring (bicyclic) bond motifs is 2. The number of piperazine rings is 1. The van der Waals surface area contributed by atoms with E-state index in [0.717, 1.165) is 11.3 Å². The Labute approximate surface area is 198 Å². The van der Waals surface area contributed by atoms with Crippen LogP contribution in [0.2, 0.25) is 0 Å². The first-order chi connectivity index (χ1) is 15.9. The van der Waals surface area contributed by atoms with Crippen LogP contribution in [-0.2, 0) is 19.9 Å². The van der Waals surface area contributed by atoms with Crippen molar-refractivity contribution < 1.29 is 29.0 Å². The van der Waals surface area contributed by atoms with Gasteiger partial charge in [-0.05, 0) is 63.8 Å². The van der Waals surface area contributed by atoms with Gasteiger partial charge < -0.3 is 30.3 Å². The van der Waals surface area contributed by atoms with Crippen LogP contribution in [0.3, 0.4) is 0 Å². The number of amides is 3. The van der Waals surface area contributed by atoms with E-state index >= 15 is 0 Å². The van der Waals surface area contributed by atoms with Gasteiger partial charge in [0.05, 0.1) is 5.54 Å². The van der Waals surface area contributed by atoms with Crippen molar-refractivity contribution in [3.63, 3.8) is 0 Å². The first kappa shape index (κ1) is 23.8. The van der Waals surface area contributed by atoms with Gasteiger partial charge in [0.2, 0.25) is 5.91 Å². The summed E-state index contributed by atoms with van der Waals surface area (Å²) < 4.78 is 5.47. The molecule has 1 spiro atoms. The molecule has 10 nitrogen and oxygen atoms in total. The van der Waals surface area contributed by atoms with Crippen LogP contribution in [0.5, 0.6) is 0 Å². The maximum absolute atomic E-state index is 13.3. The molecule has 1 aliphatic carbocycles. The number of rotatable bonds is 6. The molecule has 4 rings (SSSR count). The Morgan fingerprint density at radius 2 is 1.79 bits per heavy atom. The lowest BCUT2D eigenvalue weighted by molar-refractivity contribution is -0.137. The SMILES string of the molecule is CC(C)(C)OC(=O)N1CCN(c2ccc3c(c2)C2(CC2)N(C(CCC(=O)O)C(N)=O)C3=O)CC1. The molecular formula is C24H32N4O6. The number of benzene rings is 1. The summed E-state index contributed by atoms with van der Waals surface area (Å²) >= 11 is 0. The summed E-state index contributed by atoms with van der Waals surface area (Å²) in [7, 11) is 0. The van der Waals surface area contributed by atoms with Gasteiger partial charge in [0, 0.05) is 43.9 Å². The highest BCUT2D eigenvalue weighted by atomic mass is 16.6. The fraction of sp³-hybridized carbons (Fsp3) is 0.583. The first-order valence-corrected chi connectivity index (χ1v) is 11.7. The Hall–Kier alpha value is -3.30. The van der Waals surface area contributed by atoms with Crippen molar-refractivity contribution >= 4 is 29.6 Å². The van der Waals surface area contributed by atoms with Crippen LogP contribution < -0.4 is 10.6 Å². The number of hydrogen-bond acceptors (Lipinski definition) is 6. The minimum Gasteiger partial charge on any atom is -0.481 e. The fourth-order valence-electron chi connectivity index (χ4n) is 4.96. The molecule has 0 bridgehead atoms. The fourth-order valence-corrected chi connectivity index (χ4v) is 4.96. The summed E-state index contributed by atoms with van der Waals surface area (Å²) in [4.78, 5) is 54.3. The van der Waals surface area contributed by atoms with Crippen LogP contribution in [0.1, 0.15) is 62.4 Å². The quantitative estimate of drug-likeness (QED) is 0.646. The molecule has 34 heavy (non-hydrogen) atoms. The Morgan fingerprint density at radius 3 is 2.32 bits per heavy atom. The number of carbonyl (C=O) groups is 4. The molecule has 2 heterocycles. The lowest BCUT2D eigenvalue weighted by Crippen LogP contribution is -2.50. The second kappa shape index (κ2) is 8.48. The van der Waals surface area contributed by atoms with Gasteiger partial charge >= 0.3 is 12.1 Å². The van der Waals surface area contributed by atoms with Gasteiger partial charge in [-0.15, -0.1) is 0 Å². The summed E-state index contributed by atoms with van der Waals surface area (Å²) in [6.45, 7) is 7.84. The van der Waals surface area contributed by atoms with Gasteiger partial charge in [-0.25, -0.2) is 4.79 Å². The lowest BCUT2D eigenvalue weighted by Gasteiger charge is -2.37. The molecule has 1 atom stereocenters. The molecule has 1 aromatic rings. The van der Waals surface area contributed by atoms with Crippen molar-refractivity contribution in [3.05, 3.63) is 29.3 Å². The number of nitrogens with two attached hydrogens (primary N) is 1. The summed E-state index contributed by atoms with van der Waals surface area (Å²) in [6, 6.07) is 4.70. The van der Waals surface area contributed by atoms with Gasteiger partial charge in [0.1, 0.15) is 11.6 Å². The van der Waals surface area contributed by atoms with E-state index in [4.69, 9.17) is 15.6 Å². The normalized spacial score (nSPS) is 19.7. The molecule has 184 valence electrons. The zero-order chi connectivity index (χ0) is 24.8. The van der Waals surface area contributed by atoms with Crippen LogP contribution >= 0.6 is 0 Å². The zero-order valence-electron chi connectivity index (χ0n) is 19.9. The molecule has 3 aliphatic rings. The van der Waals surface area contributed by atoms with E-state index in [9.17, 15) is 19.2 Å².